The zero-order valence-corrected chi connectivity index (χ0v) is 23.7. The smallest absolute Gasteiger partial charge is 0.268 e. The second-order valence-electron chi connectivity index (χ2n) is 9.33. The van der Waals surface area contributed by atoms with Crippen molar-refractivity contribution in [1.82, 2.24) is 9.80 Å². The number of fused-ring (bicyclic) bond motifs is 1. The van der Waals surface area contributed by atoms with Crippen LogP contribution in [0.2, 0.25) is 0 Å². The molecule has 0 radical (unpaired) electrons. The average molecular weight is 517 g/mol. The van der Waals surface area contributed by atoms with Gasteiger partial charge in [0.25, 0.3) is 11.9 Å². The Kier molecular flexibility index (Phi) is 15.0. The van der Waals surface area contributed by atoms with E-state index in [9.17, 15) is 5.11 Å². The molecule has 7 nitrogen and oxygen atoms in total. The van der Waals surface area contributed by atoms with Crippen LogP contribution in [-0.2, 0) is 4.74 Å². The topological polar surface area (TPSA) is 58.3 Å². The number of nitrogens with zero attached hydrogens (tertiary/aromatic N) is 3. The van der Waals surface area contributed by atoms with E-state index in [1.54, 1.807) is 29.3 Å². The molecule has 0 aliphatic carbocycles. The lowest BCUT2D eigenvalue weighted by atomic mass is 10.0. The number of allylic oxidation sites excluding steroid dienone is 1. The van der Waals surface area contributed by atoms with Crippen molar-refractivity contribution in [2.24, 2.45) is 0 Å². The molecule has 1 aliphatic rings. The first-order valence-electron chi connectivity index (χ1n) is 14.2. The first-order valence-corrected chi connectivity index (χ1v) is 14.2. The van der Waals surface area contributed by atoms with Crippen molar-refractivity contribution in [3.8, 4) is 5.75 Å². The molecule has 0 amide bonds. The molecule has 2 heterocycles. The van der Waals surface area contributed by atoms with Gasteiger partial charge >= 0.3 is 0 Å². The number of rotatable bonds is 20. The summed E-state index contributed by atoms with van der Waals surface area (Å²) in [4.78, 5) is 10.9. The van der Waals surface area contributed by atoms with Crippen molar-refractivity contribution in [2.45, 2.75) is 72.3 Å². The minimum Gasteiger partial charge on any atom is -0.501 e. The summed E-state index contributed by atoms with van der Waals surface area (Å²) in [6.07, 6.45) is 12.6. The molecular formula is C30H50N3O4+. The van der Waals surface area contributed by atoms with Gasteiger partial charge in [-0.1, -0.05) is 40.3 Å². The number of aliphatic hydroxyl groups excluding tert-OH is 1. The lowest BCUT2D eigenvalue weighted by Crippen LogP contribution is -2.49. The van der Waals surface area contributed by atoms with Gasteiger partial charge in [-0.15, -0.1) is 0 Å². The zero-order valence-electron chi connectivity index (χ0n) is 23.7. The highest BCUT2D eigenvalue weighted by Crippen LogP contribution is 2.27. The monoisotopic (exact) mass is 516 g/mol. The summed E-state index contributed by atoms with van der Waals surface area (Å²) in [5.74, 6) is 1.22. The van der Waals surface area contributed by atoms with Gasteiger partial charge in [0.2, 0.25) is 5.76 Å². The van der Waals surface area contributed by atoms with E-state index in [2.05, 4.69) is 44.1 Å². The van der Waals surface area contributed by atoms with Gasteiger partial charge in [-0.05, 0) is 83.9 Å². The Morgan fingerprint density at radius 2 is 1.54 bits per heavy atom. The van der Waals surface area contributed by atoms with Crippen LogP contribution in [0.5, 0.6) is 5.75 Å². The minimum atomic E-state index is -0.833. The van der Waals surface area contributed by atoms with E-state index in [-0.39, 0.29) is 0 Å². The number of hydrogen-bond acceptors (Lipinski definition) is 6. The molecule has 0 fully saturated rings. The summed E-state index contributed by atoms with van der Waals surface area (Å²) in [6, 6.07) is 3.71. The number of aromatic nitrogens is 1. The lowest BCUT2D eigenvalue weighted by Gasteiger charge is -2.18. The maximum absolute atomic E-state index is 10.9. The highest BCUT2D eigenvalue weighted by Gasteiger charge is 2.33. The van der Waals surface area contributed by atoms with E-state index in [1.165, 1.54) is 12.8 Å². The predicted molar refractivity (Wildman–Crippen MR) is 149 cm³/mol. The summed E-state index contributed by atoms with van der Waals surface area (Å²) in [6.45, 7) is 20.7. The highest BCUT2D eigenvalue weighted by atomic mass is 16.7. The summed E-state index contributed by atoms with van der Waals surface area (Å²) < 4.78 is 13.2. The van der Waals surface area contributed by atoms with Crippen molar-refractivity contribution in [2.75, 3.05) is 52.5 Å². The van der Waals surface area contributed by atoms with Gasteiger partial charge in [0.1, 0.15) is 0 Å². The van der Waals surface area contributed by atoms with Crippen LogP contribution in [0.4, 0.5) is 0 Å². The fourth-order valence-corrected chi connectivity index (χ4v) is 4.40. The third-order valence-corrected chi connectivity index (χ3v) is 6.92. The number of ether oxygens (including phenoxy) is 2. The third-order valence-electron chi connectivity index (χ3n) is 6.92. The van der Waals surface area contributed by atoms with Crippen molar-refractivity contribution < 1.29 is 24.1 Å². The van der Waals surface area contributed by atoms with Crippen molar-refractivity contribution in [3.05, 3.63) is 60.3 Å². The van der Waals surface area contributed by atoms with Crippen molar-refractivity contribution in [3.63, 3.8) is 0 Å². The Morgan fingerprint density at radius 3 is 2.14 bits per heavy atom. The summed E-state index contributed by atoms with van der Waals surface area (Å²) >= 11 is 0. The van der Waals surface area contributed by atoms with Gasteiger partial charge in [0.05, 0.1) is 19.5 Å². The minimum absolute atomic E-state index is 0.509. The zero-order chi connectivity index (χ0) is 26.9. The molecule has 1 N–H and O–H groups in total. The fourth-order valence-electron chi connectivity index (χ4n) is 4.40. The first kappa shape index (κ1) is 30.9. The Bertz CT molecular complexity index is 847. The average Bonchev–Trinajstić information content (AvgIpc) is 2.92. The Morgan fingerprint density at radius 1 is 0.919 bits per heavy atom. The first-order chi connectivity index (χ1) is 18.1. The Labute approximate surface area is 225 Å². The molecule has 0 bridgehead atoms. The molecule has 0 spiro atoms. The van der Waals surface area contributed by atoms with Crippen LogP contribution in [-0.4, -0.2) is 67.4 Å². The normalized spacial score (nSPS) is 15.4. The number of pyridine rings is 1. The van der Waals surface area contributed by atoms with Crippen molar-refractivity contribution in [1.29, 1.82) is 0 Å². The van der Waals surface area contributed by atoms with Crippen LogP contribution in [0, 0.1) is 0 Å². The number of aliphatic hydroxyl groups is 1. The van der Waals surface area contributed by atoms with Gasteiger partial charge in [-0.25, -0.2) is 4.84 Å². The molecule has 1 atom stereocenters. The Balaban J connectivity index is 1.81. The SMILES string of the molecule is C=CC1=C(/C=C/OCCCCCN(CC)CC)O[n+]2cc(OCCCCCN(CC)CC)ccc2C1O. The molecule has 0 aromatic carbocycles. The van der Waals surface area contributed by atoms with Gasteiger partial charge in [0, 0.05) is 22.4 Å². The molecule has 7 heteroatoms. The Hall–Kier alpha value is -2.35. The lowest BCUT2D eigenvalue weighted by molar-refractivity contribution is -0.889. The highest BCUT2D eigenvalue weighted by molar-refractivity contribution is 5.35. The molecule has 1 aromatic heterocycles. The van der Waals surface area contributed by atoms with Gasteiger partial charge < -0.3 is 24.4 Å². The molecule has 208 valence electrons. The van der Waals surface area contributed by atoms with Crippen LogP contribution < -0.4 is 14.3 Å². The van der Waals surface area contributed by atoms with Crippen LogP contribution in [0.3, 0.4) is 0 Å². The molecule has 1 unspecified atom stereocenters. The molecule has 1 aliphatic heterocycles. The van der Waals surface area contributed by atoms with Crippen molar-refractivity contribution >= 4 is 0 Å². The molecular weight excluding hydrogens is 466 g/mol. The third kappa shape index (κ3) is 10.5. The van der Waals surface area contributed by atoms with Gasteiger partial charge in [-0.2, -0.15) is 0 Å². The second-order valence-corrected chi connectivity index (χ2v) is 9.33. The molecule has 1 aromatic rings. The maximum atomic E-state index is 10.9. The van der Waals surface area contributed by atoms with Crippen LogP contribution in [0.1, 0.15) is 78.0 Å². The quantitative estimate of drug-likeness (QED) is 0.152. The van der Waals surface area contributed by atoms with Gasteiger partial charge in [-0.3, -0.25) is 0 Å². The van der Waals surface area contributed by atoms with Crippen LogP contribution in [0.25, 0.3) is 0 Å². The largest absolute Gasteiger partial charge is 0.501 e. The number of unbranched alkanes of at least 4 members (excludes halogenated alkanes) is 4. The number of hydrogen-bond donors (Lipinski definition) is 1. The van der Waals surface area contributed by atoms with Crippen LogP contribution >= 0.6 is 0 Å². The van der Waals surface area contributed by atoms with Crippen LogP contribution in [0.15, 0.2) is 54.7 Å². The summed E-state index contributed by atoms with van der Waals surface area (Å²) in [7, 11) is 0. The molecule has 0 saturated heterocycles. The maximum Gasteiger partial charge on any atom is 0.268 e. The van der Waals surface area contributed by atoms with E-state index in [1.807, 2.05) is 12.1 Å². The second kappa shape index (κ2) is 18.0. The standard InChI is InChI=1S/C30H50N3O4/c1-6-27-29(19-24-35-22-15-11-13-20-31(7-2)8-3)37-33-25-26(17-18-28(33)30(27)34)36-23-16-12-14-21-32(9-4)10-5/h6,17-19,24-25,30,34H,1,7-16,20-23H2,2-5H3/q+1/b24-19+. The predicted octanol–water partition coefficient (Wildman–Crippen LogP) is 4.82. The summed E-state index contributed by atoms with van der Waals surface area (Å²) in [5, 5.41) is 10.9. The van der Waals surface area contributed by atoms with E-state index in [0.717, 1.165) is 65.0 Å². The van der Waals surface area contributed by atoms with E-state index in [0.29, 0.717) is 36.0 Å². The van der Waals surface area contributed by atoms with Gasteiger partial charge in [0.15, 0.2) is 11.9 Å². The molecule has 2 rings (SSSR count). The van der Waals surface area contributed by atoms with E-state index < -0.39 is 6.10 Å². The molecule has 37 heavy (non-hydrogen) atoms. The fraction of sp³-hybridized carbons (Fsp3) is 0.633. The molecule has 0 saturated carbocycles. The van der Waals surface area contributed by atoms with E-state index >= 15 is 0 Å². The summed E-state index contributed by atoms with van der Waals surface area (Å²) in [5.41, 5.74) is 1.24. The van der Waals surface area contributed by atoms with E-state index in [4.69, 9.17) is 14.3 Å².